The van der Waals surface area contributed by atoms with Crippen LogP contribution in [-0.2, 0) is 4.79 Å². The van der Waals surface area contributed by atoms with Crippen LogP contribution in [0.5, 0.6) is 0 Å². The molecule has 6 rings (SSSR count). The van der Waals surface area contributed by atoms with Gasteiger partial charge in [-0.2, -0.15) is 0 Å². The van der Waals surface area contributed by atoms with Crippen molar-refractivity contribution in [3.63, 3.8) is 0 Å². The Hall–Kier alpha value is -5.66. The molecule has 0 saturated heterocycles. The van der Waals surface area contributed by atoms with Gasteiger partial charge in [-0.25, -0.2) is 19.9 Å². The van der Waals surface area contributed by atoms with Crippen LogP contribution in [0, 0.1) is 18.8 Å². The quantitative estimate of drug-likeness (QED) is 0.134. The standard InChI is InChI=1S/C13H19N3O.C12H18N4.C11H19N3.C11H18N2O/c1-7(2)10-6-16(8(3)4)12-11(10)13(17)15-9(5)14-12;1-7(2)9-5-16(8(3)4)12-10(9)11(13)14-6-15-12;1-7(2)10-6-14(8(3)4)9(5)13-11(10)12;1-7(2)10-6-13(8(3)4)9(5)12-11(10)14/h6-8H,1-5H3,(H,14,15,17);5-8H,1-4H3,(H2,13,14,15);6-8H,5H2,1-4H3,(H2,12,13);6-8H,5H2,1-4H3,(H,12,14). The molecule has 0 aliphatic carbocycles. The lowest BCUT2D eigenvalue weighted by atomic mass is 10.0. The average molecular weight is 839 g/mol. The molecule has 6 heterocycles. The van der Waals surface area contributed by atoms with E-state index >= 15 is 0 Å². The van der Waals surface area contributed by atoms with Crippen LogP contribution in [-0.4, -0.2) is 62.7 Å². The maximum absolute atomic E-state index is 12.1. The Balaban J connectivity index is 0.000000218. The average Bonchev–Trinajstić information content (AvgIpc) is 3.73. The third kappa shape index (κ3) is 11.8. The molecule has 0 bridgehead atoms. The molecule has 0 aromatic carbocycles. The van der Waals surface area contributed by atoms with Gasteiger partial charge in [0, 0.05) is 60.1 Å². The van der Waals surface area contributed by atoms with Crippen molar-refractivity contribution in [3.8, 4) is 0 Å². The van der Waals surface area contributed by atoms with Crippen molar-refractivity contribution in [3.05, 3.63) is 94.4 Å². The van der Waals surface area contributed by atoms with E-state index in [2.05, 4.69) is 168 Å². The first kappa shape index (κ1) is 49.7. The summed E-state index contributed by atoms with van der Waals surface area (Å²) in [5.41, 5.74) is 17.7. The van der Waals surface area contributed by atoms with Gasteiger partial charge in [-0.15, -0.1) is 0 Å². The molecule has 0 fully saturated rings. The fourth-order valence-corrected chi connectivity index (χ4v) is 6.96. The molecule has 2 aliphatic heterocycles. The van der Waals surface area contributed by atoms with E-state index in [1.54, 1.807) is 0 Å². The van der Waals surface area contributed by atoms with Crippen molar-refractivity contribution < 1.29 is 4.79 Å². The summed E-state index contributed by atoms with van der Waals surface area (Å²) >= 11 is 0. The number of aromatic nitrogens is 6. The minimum Gasteiger partial charge on any atom is -0.383 e. The maximum atomic E-state index is 12.1. The number of aromatic amines is 1. The number of hydrogen-bond acceptors (Lipinski definition) is 10. The molecule has 0 saturated carbocycles. The minimum atomic E-state index is -0.0319. The summed E-state index contributed by atoms with van der Waals surface area (Å²) in [5, 5.41) is 4.51. The van der Waals surface area contributed by atoms with Gasteiger partial charge in [0.25, 0.3) is 11.5 Å². The number of nitrogens with two attached hydrogens (primary N) is 2. The normalized spacial score (nSPS) is 14.5. The largest absolute Gasteiger partial charge is 0.383 e. The third-order valence-corrected chi connectivity index (χ3v) is 10.4. The second kappa shape index (κ2) is 20.7. The van der Waals surface area contributed by atoms with Crippen molar-refractivity contribution in [2.75, 3.05) is 5.73 Å². The SMILES string of the molecule is C=C1N=C(N)C(C(C)C)=CN1C(C)C.C=C1NC(=O)C(C(C)C)=CN1C(C)C.CC(C)c1cn(C(C)C)c2ncnc(N)c12.Cc1nc2c(c(C(C)C)cn2C(C)C)c(=O)[nH]1. The zero-order valence-electron chi connectivity index (χ0n) is 40.0. The lowest BCUT2D eigenvalue weighted by molar-refractivity contribution is -0.118. The first-order chi connectivity index (χ1) is 28.3. The van der Waals surface area contributed by atoms with Gasteiger partial charge < -0.3 is 40.7 Å². The van der Waals surface area contributed by atoms with Gasteiger partial charge in [-0.3, -0.25) is 9.59 Å². The molecule has 4 aromatic rings. The van der Waals surface area contributed by atoms with Crippen LogP contribution < -0.4 is 22.3 Å². The number of aryl methyl sites for hydroxylation is 1. The Bertz CT molecular complexity index is 2330. The molecule has 6 N–H and O–H groups in total. The molecule has 1 amide bonds. The smallest absolute Gasteiger partial charge is 0.260 e. The van der Waals surface area contributed by atoms with Crippen molar-refractivity contribution in [2.45, 2.75) is 154 Å². The molecule has 0 atom stereocenters. The third-order valence-electron chi connectivity index (χ3n) is 10.4. The van der Waals surface area contributed by atoms with E-state index in [9.17, 15) is 9.59 Å². The highest BCUT2D eigenvalue weighted by atomic mass is 16.2. The number of aliphatic imine (C=N–C) groups is 1. The second-order valence-electron chi connectivity index (χ2n) is 18.1. The molecule has 0 unspecified atom stereocenters. The van der Waals surface area contributed by atoms with Crippen LogP contribution in [0.4, 0.5) is 5.82 Å². The predicted octanol–water partition coefficient (Wildman–Crippen LogP) is 9.37. The summed E-state index contributed by atoms with van der Waals surface area (Å²) in [4.78, 5) is 47.5. The summed E-state index contributed by atoms with van der Waals surface area (Å²) in [6.07, 6.45) is 9.68. The number of nitrogens with one attached hydrogen (secondary N) is 2. The second-order valence-corrected chi connectivity index (χ2v) is 18.1. The van der Waals surface area contributed by atoms with Gasteiger partial charge in [-0.05, 0) is 97.1 Å². The Morgan fingerprint density at radius 2 is 1.11 bits per heavy atom. The van der Waals surface area contributed by atoms with Crippen LogP contribution in [0.15, 0.2) is 76.9 Å². The number of H-pyrrole nitrogens is 1. The Labute approximate surface area is 364 Å². The Morgan fingerprint density at radius 3 is 1.59 bits per heavy atom. The first-order valence-electron chi connectivity index (χ1n) is 21.6. The van der Waals surface area contributed by atoms with Crippen molar-refractivity contribution in [2.24, 2.45) is 22.6 Å². The lowest BCUT2D eigenvalue weighted by Gasteiger charge is -2.32. The zero-order valence-corrected chi connectivity index (χ0v) is 40.0. The number of rotatable bonds is 8. The highest BCUT2D eigenvalue weighted by Gasteiger charge is 2.24. The first-order valence-corrected chi connectivity index (χ1v) is 21.6. The van der Waals surface area contributed by atoms with E-state index in [-0.39, 0.29) is 17.4 Å². The topological polar surface area (TPSA) is 181 Å². The van der Waals surface area contributed by atoms with E-state index in [1.165, 1.54) is 11.9 Å². The number of nitrogen functional groups attached to an aromatic ring is 1. The van der Waals surface area contributed by atoms with Crippen molar-refractivity contribution >= 4 is 39.6 Å². The van der Waals surface area contributed by atoms with Crippen LogP contribution in [0.2, 0.25) is 0 Å². The lowest BCUT2D eigenvalue weighted by Crippen LogP contribution is -2.41. The van der Waals surface area contributed by atoms with Gasteiger partial charge in [0.15, 0.2) is 0 Å². The Morgan fingerprint density at radius 1 is 0.623 bits per heavy atom. The molecule has 334 valence electrons. The number of carbonyl (C=O) groups is 1. The van der Waals surface area contributed by atoms with Gasteiger partial charge in [0.1, 0.15) is 46.7 Å². The molecule has 61 heavy (non-hydrogen) atoms. The number of carbonyl (C=O) groups excluding carboxylic acids is 1. The molecule has 14 heteroatoms. The summed E-state index contributed by atoms with van der Waals surface area (Å²) < 4.78 is 4.23. The predicted molar refractivity (Wildman–Crippen MR) is 254 cm³/mol. The number of amidine groups is 1. The number of amides is 1. The highest BCUT2D eigenvalue weighted by Crippen LogP contribution is 2.31. The molecule has 0 spiro atoms. The molecule has 14 nitrogen and oxygen atoms in total. The zero-order chi connectivity index (χ0) is 46.4. The van der Waals surface area contributed by atoms with E-state index in [1.807, 2.05) is 36.8 Å². The summed E-state index contributed by atoms with van der Waals surface area (Å²) in [6, 6.07) is 1.37. The van der Waals surface area contributed by atoms with E-state index in [0.29, 0.717) is 65.2 Å². The summed E-state index contributed by atoms with van der Waals surface area (Å²) in [5.74, 6) is 4.59. The van der Waals surface area contributed by atoms with Crippen molar-refractivity contribution in [1.29, 1.82) is 0 Å². The van der Waals surface area contributed by atoms with Crippen LogP contribution >= 0.6 is 0 Å². The summed E-state index contributed by atoms with van der Waals surface area (Å²) in [6.45, 7) is 43.1. The number of anilines is 1. The number of nitrogens with zero attached hydrogens (tertiary/aromatic N) is 8. The monoisotopic (exact) mass is 839 g/mol. The molecular weight excluding hydrogens is 765 g/mol. The van der Waals surface area contributed by atoms with Crippen LogP contribution in [0.3, 0.4) is 0 Å². The highest BCUT2D eigenvalue weighted by molar-refractivity contribution is 5.98. The summed E-state index contributed by atoms with van der Waals surface area (Å²) in [7, 11) is 0. The van der Waals surface area contributed by atoms with E-state index < -0.39 is 0 Å². The molecule has 4 aromatic heterocycles. The van der Waals surface area contributed by atoms with Gasteiger partial charge >= 0.3 is 0 Å². The van der Waals surface area contributed by atoms with E-state index in [4.69, 9.17) is 11.5 Å². The molecular formula is C47H74N12O2. The minimum absolute atomic E-state index is 0.0260. The van der Waals surface area contributed by atoms with Crippen LogP contribution in [0.25, 0.3) is 22.1 Å². The fourth-order valence-electron chi connectivity index (χ4n) is 6.96. The van der Waals surface area contributed by atoms with Gasteiger partial charge in [0.05, 0.1) is 10.8 Å². The van der Waals surface area contributed by atoms with Crippen LogP contribution in [0.1, 0.15) is 152 Å². The van der Waals surface area contributed by atoms with E-state index in [0.717, 1.165) is 44.6 Å². The molecule has 2 aliphatic rings. The number of hydrogen-bond donors (Lipinski definition) is 4. The van der Waals surface area contributed by atoms with Gasteiger partial charge in [0.2, 0.25) is 0 Å². The van der Waals surface area contributed by atoms with Crippen molar-refractivity contribution in [1.82, 2.24) is 44.2 Å². The maximum Gasteiger partial charge on any atom is 0.260 e. The fraction of sp³-hybridized carbons (Fsp3) is 0.532. The Kier molecular flexibility index (Phi) is 16.9. The number of fused-ring (bicyclic) bond motifs is 2. The van der Waals surface area contributed by atoms with Gasteiger partial charge in [-0.1, -0.05) is 68.5 Å². The molecule has 0 radical (unpaired) electrons.